The Morgan fingerprint density at radius 3 is 2.33 bits per heavy atom. The Bertz CT molecular complexity index is 265. The standard InChI is InChI=1S/C14H28FNO2/c1-6-13(4,18)8-7-9-14(5,15)16-12(3)11(2)10-17/h7,9,11-12,16-18H,6,8,10H2,1-5H3/b9-7-. The van der Waals surface area contributed by atoms with Crippen molar-refractivity contribution < 1.29 is 14.6 Å². The zero-order valence-electron chi connectivity index (χ0n) is 12.2. The normalized spacial score (nSPS) is 22.4. The third-order valence-corrected chi connectivity index (χ3v) is 3.40. The highest BCUT2D eigenvalue weighted by molar-refractivity contribution is 5.00. The molecule has 108 valence electrons. The summed E-state index contributed by atoms with van der Waals surface area (Å²) in [6.45, 7) is 8.79. The van der Waals surface area contributed by atoms with Gasteiger partial charge in [0.1, 0.15) is 0 Å². The second kappa shape index (κ2) is 7.22. The zero-order valence-corrected chi connectivity index (χ0v) is 12.2. The topological polar surface area (TPSA) is 52.5 Å². The number of hydrogen-bond acceptors (Lipinski definition) is 3. The SMILES string of the molecule is CCC(C)(O)C/C=C\C(C)(F)NC(C)C(C)CO. The first-order valence-electron chi connectivity index (χ1n) is 6.61. The highest BCUT2D eigenvalue weighted by atomic mass is 19.1. The van der Waals surface area contributed by atoms with E-state index in [0.29, 0.717) is 12.8 Å². The number of halogens is 1. The van der Waals surface area contributed by atoms with E-state index in [1.165, 1.54) is 13.0 Å². The van der Waals surface area contributed by atoms with Crippen molar-refractivity contribution in [1.29, 1.82) is 0 Å². The summed E-state index contributed by atoms with van der Waals surface area (Å²) in [5.74, 6) is -1.64. The predicted molar refractivity (Wildman–Crippen MR) is 73.0 cm³/mol. The van der Waals surface area contributed by atoms with Crippen molar-refractivity contribution in [2.24, 2.45) is 5.92 Å². The maximum absolute atomic E-state index is 14.2. The highest BCUT2D eigenvalue weighted by Crippen LogP contribution is 2.17. The molecule has 4 atom stereocenters. The molecule has 0 aliphatic heterocycles. The van der Waals surface area contributed by atoms with Crippen LogP contribution in [0.4, 0.5) is 4.39 Å². The summed E-state index contributed by atoms with van der Waals surface area (Å²) in [5, 5.41) is 21.6. The molecule has 4 heteroatoms. The van der Waals surface area contributed by atoms with E-state index in [9.17, 15) is 9.50 Å². The Morgan fingerprint density at radius 2 is 1.89 bits per heavy atom. The van der Waals surface area contributed by atoms with E-state index in [2.05, 4.69) is 5.32 Å². The monoisotopic (exact) mass is 261 g/mol. The van der Waals surface area contributed by atoms with Gasteiger partial charge in [0.15, 0.2) is 5.79 Å². The van der Waals surface area contributed by atoms with Crippen molar-refractivity contribution in [3.8, 4) is 0 Å². The molecular weight excluding hydrogens is 233 g/mol. The Labute approximate surface area is 110 Å². The van der Waals surface area contributed by atoms with Gasteiger partial charge in [0.2, 0.25) is 0 Å². The molecule has 0 radical (unpaired) electrons. The maximum atomic E-state index is 14.2. The van der Waals surface area contributed by atoms with Crippen LogP contribution < -0.4 is 5.32 Å². The molecule has 3 nitrogen and oxygen atoms in total. The molecule has 4 unspecified atom stereocenters. The number of rotatable bonds is 8. The fourth-order valence-corrected chi connectivity index (χ4v) is 1.47. The largest absolute Gasteiger partial charge is 0.396 e. The second-order valence-corrected chi connectivity index (χ2v) is 5.63. The molecule has 0 aliphatic carbocycles. The molecule has 0 aromatic carbocycles. The third kappa shape index (κ3) is 7.09. The number of alkyl halides is 1. The Hall–Kier alpha value is -0.450. The first-order chi connectivity index (χ1) is 8.13. The van der Waals surface area contributed by atoms with E-state index < -0.39 is 11.4 Å². The third-order valence-electron chi connectivity index (χ3n) is 3.40. The average Bonchev–Trinajstić information content (AvgIpc) is 2.26. The molecule has 0 bridgehead atoms. The fourth-order valence-electron chi connectivity index (χ4n) is 1.47. The first-order valence-corrected chi connectivity index (χ1v) is 6.61. The van der Waals surface area contributed by atoms with Gasteiger partial charge in [-0.2, -0.15) is 0 Å². The lowest BCUT2D eigenvalue weighted by Gasteiger charge is -2.27. The molecular formula is C14H28FNO2. The van der Waals surface area contributed by atoms with Gasteiger partial charge in [0.05, 0.1) is 5.60 Å². The Kier molecular flexibility index (Phi) is 7.04. The summed E-state index contributed by atoms with van der Waals surface area (Å²) in [6.07, 6.45) is 4.14. The van der Waals surface area contributed by atoms with Crippen LogP contribution in [0.15, 0.2) is 12.2 Å². The number of hydrogen-bond donors (Lipinski definition) is 3. The van der Waals surface area contributed by atoms with Gasteiger partial charge in [-0.15, -0.1) is 0 Å². The smallest absolute Gasteiger partial charge is 0.177 e. The fraction of sp³-hybridized carbons (Fsp3) is 0.857. The van der Waals surface area contributed by atoms with Gasteiger partial charge in [-0.3, -0.25) is 5.32 Å². The predicted octanol–water partition coefficient (Wildman–Crippen LogP) is 2.39. The van der Waals surface area contributed by atoms with Crippen LogP contribution in [0.2, 0.25) is 0 Å². The van der Waals surface area contributed by atoms with Crippen molar-refractivity contribution in [1.82, 2.24) is 5.32 Å². The van der Waals surface area contributed by atoms with Crippen molar-refractivity contribution >= 4 is 0 Å². The molecule has 3 N–H and O–H groups in total. The molecule has 0 aromatic rings. The minimum absolute atomic E-state index is 0.00720. The maximum Gasteiger partial charge on any atom is 0.177 e. The summed E-state index contributed by atoms with van der Waals surface area (Å²) < 4.78 is 14.2. The lowest BCUT2D eigenvalue weighted by atomic mass is 9.98. The number of aliphatic hydroxyl groups excluding tert-OH is 1. The van der Waals surface area contributed by atoms with E-state index in [1.54, 1.807) is 13.0 Å². The van der Waals surface area contributed by atoms with E-state index in [4.69, 9.17) is 5.11 Å². The molecule has 0 saturated heterocycles. The first kappa shape index (κ1) is 17.6. The van der Waals surface area contributed by atoms with Gasteiger partial charge in [-0.1, -0.05) is 19.9 Å². The van der Waals surface area contributed by atoms with Gasteiger partial charge in [-0.25, -0.2) is 4.39 Å². The molecule has 0 fully saturated rings. The van der Waals surface area contributed by atoms with E-state index in [0.717, 1.165) is 0 Å². The minimum Gasteiger partial charge on any atom is -0.396 e. The van der Waals surface area contributed by atoms with E-state index in [-0.39, 0.29) is 18.6 Å². The average molecular weight is 261 g/mol. The van der Waals surface area contributed by atoms with Crippen molar-refractivity contribution in [3.63, 3.8) is 0 Å². The molecule has 0 aliphatic rings. The summed E-state index contributed by atoms with van der Waals surface area (Å²) >= 11 is 0. The molecule has 0 aromatic heterocycles. The van der Waals surface area contributed by atoms with Crippen LogP contribution in [-0.4, -0.2) is 34.3 Å². The van der Waals surface area contributed by atoms with Crippen LogP contribution in [0.25, 0.3) is 0 Å². The molecule has 0 heterocycles. The molecule has 18 heavy (non-hydrogen) atoms. The Balaban J connectivity index is 4.34. The van der Waals surface area contributed by atoms with Crippen molar-refractivity contribution in [2.45, 2.75) is 64.9 Å². The van der Waals surface area contributed by atoms with E-state index >= 15 is 0 Å². The second-order valence-electron chi connectivity index (χ2n) is 5.63. The van der Waals surface area contributed by atoms with Crippen LogP contribution in [0.5, 0.6) is 0 Å². The van der Waals surface area contributed by atoms with Gasteiger partial charge in [0, 0.05) is 12.6 Å². The van der Waals surface area contributed by atoms with Gasteiger partial charge >= 0.3 is 0 Å². The summed E-state index contributed by atoms with van der Waals surface area (Å²) in [4.78, 5) is 0. The van der Waals surface area contributed by atoms with Crippen LogP contribution in [0.3, 0.4) is 0 Å². The minimum atomic E-state index is -1.63. The van der Waals surface area contributed by atoms with E-state index in [1.807, 2.05) is 20.8 Å². The van der Waals surface area contributed by atoms with Crippen molar-refractivity contribution in [3.05, 3.63) is 12.2 Å². The highest BCUT2D eigenvalue weighted by Gasteiger charge is 2.24. The van der Waals surface area contributed by atoms with Gasteiger partial charge in [0.25, 0.3) is 0 Å². The van der Waals surface area contributed by atoms with Crippen LogP contribution in [0.1, 0.15) is 47.5 Å². The number of nitrogens with one attached hydrogen (secondary N) is 1. The summed E-state index contributed by atoms with van der Waals surface area (Å²) in [6, 6.07) is -0.124. The molecule has 0 saturated carbocycles. The lowest BCUT2D eigenvalue weighted by Crippen LogP contribution is -2.45. The van der Waals surface area contributed by atoms with Crippen LogP contribution in [-0.2, 0) is 0 Å². The Morgan fingerprint density at radius 1 is 1.33 bits per heavy atom. The van der Waals surface area contributed by atoms with Gasteiger partial charge < -0.3 is 10.2 Å². The zero-order chi connectivity index (χ0) is 14.4. The molecule has 0 rings (SSSR count). The van der Waals surface area contributed by atoms with Crippen LogP contribution >= 0.6 is 0 Å². The lowest BCUT2D eigenvalue weighted by molar-refractivity contribution is 0.0586. The van der Waals surface area contributed by atoms with Crippen LogP contribution in [0, 0.1) is 5.92 Å². The quantitative estimate of drug-likeness (QED) is 0.464. The number of aliphatic hydroxyl groups is 2. The summed E-state index contributed by atoms with van der Waals surface area (Å²) in [5.41, 5.74) is -0.781. The molecule has 0 amide bonds. The molecule has 0 spiro atoms. The summed E-state index contributed by atoms with van der Waals surface area (Å²) in [7, 11) is 0. The van der Waals surface area contributed by atoms with Crippen molar-refractivity contribution in [2.75, 3.05) is 6.61 Å². The van der Waals surface area contributed by atoms with Gasteiger partial charge in [-0.05, 0) is 45.6 Å².